The molecule has 0 N–H and O–H groups in total. The molecule has 1 aromatic heterocycles. The van der Waals surface area contributed by atoms with Crippen LogP contribution in [0.1, 0.15) is 23.8 Å². The number of aromatic nitrogens is 1. The first kappa shape index (κ1) is 15.9. The van der Waals surface area contributed by atoms with Gasteiger partial charge in [0.2, 0.25) is 0 Å². The van der Waals surface area contributed by atoms with Crippen molar-refractivity contribution in [2.24, 2.45) is 4.99 Å². The zero-order chi connectivity index (χ0) is 16.4. The van der Waals surface area contributed by atoms with Gasteiger partial charge in [-0.25, -0.2) is 9.18 Å². The minimum Gasteiger partial charge on any atom is -0.320 e. The highest BCUT2D eigenvalue weighted by atomic mass is 32.1. The topological polar surface area (TPSA) is 37.6 Å². The Morgan fingerprint density at radius 2 is 2.13 bits per heavy atom. The molecule has 0 spiro atoms. The SMILES string of the molecule is CCc1ccc(-n2cc(C)s/c2=N\C(=O)N2CC[C@@H](F)C2)cc1. The van der Waals surface area contributed by atoms with Crippen LogP contribution in [0.15, 0.2) is 35.5 Å². The van der Waals surface area contributed by atoms with Crippen LogP contribution in [0.3, 0.4) is 0 Å². The molecule has 2 heterocycles. The van der Waals surface area contributed by atoms with Crippen molar-refractivity contribution in [3.63, 3.8) is 0 Å². The lowest BCUT2D eigenvalue weighted by Gasteiger charge is -2.11. The van der Waals surface area contributed by atoms with Crippen LogP contribution in [0.2, 0.25) is 0 Å². The van der Waals surface area contributed by atoms with Crippen LogP contribution in [-0.2, 0) is 6.42 Å². The molecule has 4 nitrogen and oxygen atoms in total. The van der Waals surface area contributed by atoms with E-state index in [0.717, 1.165) is 17.0 Å². The van der Waals surface area contributed by atoms with Gasteiger partial charge in [0.1, 0.15) is 6.17 Å². The molecule has 0 aliphatic carbocycles. The summed E-state index contributed by atoms with van der Waals surface area (Å²) < 4.78 is 15.2. The molecule has 1 aliphatic rings. The molecule has 2 amide bonds. The van der Waals surface area contributed by atoms with Crippen molar-refractivity contribution < 1.29 is 9.18 Å². The van der Waals surface area contributed by atoms with E-state index in [4.69, 9.17) is 0 Å². The van der Waals surface area contributed by atoms with Crippen molar-refractivity contribution in [1.82, 2.24) is 9.47 Å². The summed E-state index contributed by atoms with van der Waals surface area (Å²) in [4.78, 5) is 19.6. The highest BCUT2D eigenvalue weighted by Gasteiger charge is 2.25. The van der Waals surface area contributed by atoms with Crippen LogP contribution in [0.25, 0.3) is 5.69 Å². The third-order valence-corrected chi connectivity index (χ3v) is 4.88. The first-order chi connectivity index (χ1) is 11.1. The first-order valence-corrected chi connectivity index (χ1v) is 8.64. The minimum atomic E-state index is -0.923. The van der Waals surface area contributed by atoms with Crippen LogP contribution in [-0.4, -0.2) is 34.8 Å². The van der Waals surface area contributed by atoms with Crippen LogP contribution < -0.4 is 4.80 Å². The van der Waals surface area contributed by atoms with E-state index in [1.165, 1.54) is 21.8 Å². The predicted molar refractivity (Wildman–Crippen MR) is 89.8 cm³/mol. The molecular formula is C17H20FN3OS. The molecule has 0 unspecified atom stereocenters. The van der Waals surface area contributed by atoms with E-state index in [-0.39, 0.29) is 12.6 Å². The Balaban J connectivity index is 1.93. The van der Waals surface area contributed by atoms with E-state index in [0.29, 0.717) is 17.8 Å². The number of carbonyl (C=O) groups is 1. The van der Waals surface area contributed by atoms with E-state index in [9.17, 15) is 9.18 Å². The molecule has 23 heavy (non-hydrogen) atoms. The number of rotatable bonds is 2. The molecule has 0 radical (unpaired) electrons. The number of amides is 2. The first-order valence-electron chi connectivity index (χ1n) is 7.83. The van der Waals surface area contributed by atoms with Crippen molar-refractivity contribution in [2.45, 2.75) is 32.9 Å². The maximum absolute atomic E-state index is 13.3. The second kappa shape index (κ2) is 6.66. The van der Waals surface area contributed by atoms with E-state index >= 15 is 0 Å². The molecule has 0 saturated carbocycles. The third-order valence-electron chi connectivity index (χ3n) is 3.98. The fourth-order valence-corrected chi connectivity index (χ4v) is 3.48. The number of aryl methyl sites for hydroxylation is 2. The number of likely N-dealkylation sites (tertiary alicyclic amines) is 1. The maximum Gasteiger partial charge on any atom is 0.346 e. The quantitative estimate of drug-likeness (QED) is 0.829. The van der Waals surface area contributed by atoms with Gasteiger partial charge >= 0.3 is 6.03 Å². The van der Waals surface area contributed by atoms with Crippen LogP contribution >= 0.6 is 11.3 Å². The number of alkyl halides is 1. The standard InChI is InChI=1S/C17H20FN3OS/c1-3-13-4-6-15(7-5-13)21-10-12(2)23-17(21)19-16(22)20-9-8-14(18)11-20/h4-7,10,14H,3,8-9,11H2,1-2H3/b19-17-/t14-/m1/s1. The predicted octanol–water partition coefficient (Wildman–Crippen LogP) is 3.47. The summed E-state index contributed by atoms with van der Waals surface area (Å²) in [5.41, 5.74) is 2.24. The number of hydrogen-bond acceptors (Lipinski definition) is 2. The van der Waals surface area contributed by atoms with Gasteiger partial charge in [-0.05, 0) is 37.5 Å². The van der Waals surface area contributed by atoms with Crippen molar-refractivity contribution in [1.29, 1.82) is 0 Å². The summed E-state index contributed by atoms with van der Waals surface area (Å²) in [7, 11) is 0. The van der Waals surface area contributed by atoms with Gasteiger partial charge in [-0.3, -0.25) is 4.57 Å². The summed E-state index contributed by atoms with van der Waals surface area (Å²) in [5, 5.41) is 0. The number of hydrogen-bond donors (Lipinski definition) is 0. The second-order valence-electron chi connectivity index (χ2n) is 5.74. The Morgan fingerprint density at radius 1 is 1.39 bits per heavy atom. The fraction of sp³-hybridized carbons (Fsp3) is 0.412. The molecule has 3 rings (SSSR count). The Hall–Kier alpha value is -1.95. The van der Waals surface area contributed by atoms with Gasteiger partial charge in [0.05, 0.1) is 6.54 Å². The summed E-state index contributed by atoms with van der Waals surface area (Å²) in [6.45, 7) is 4.69. The van der Waals surface area contributed by atoms with Gasteiger partial charge in [0, 0.05) is 23.3 Å². The Kier molecular flexibility index (Phi) is 4.61. The molecule has 1 fully saturated rings. The van der Waals surface area contributed by atoms with Crippen molar-refractivity contribution in [3.8, 4) is 5.69 Å². The highest BCUT2D eigenvalue weighted by molar-refractivity contribution is 7.09. The van der Waals surface area contributed by atoms with Gasteiger partial charge in [-0.2, -0.15) is 4.99 Å². The number of halogens is 1. The molecule has 6 heteroatoms. The van der Waals surface area contributed by atoms with Crippen LogP contribution in [0.4, 0.5) is 9.18 Å². The van der Waals surface area contributed by atoms with Gasteiger partial charge in [-0.15, -0.1) is 11.3 Å². The average molecular weight is 333 g/mol. The number of carbonyl (C=O) groups excluding carboxylic acids is 1. The molecule has 0 bridgehead atoms. The number of thiazole rings is 1. The lowest BCUT2D eigenvalue weighted by Crippen LogP contribution is -2.28. The lowest BCUT2D eigenvalue weighted by atomic mass is 10.1. The highest BCUT2D eigenvalue weighted by Crippen LogP contribution is 2.14. The zero-order valence-electron chi connectivity index (χ0n) is 13.3. The molecule has 1 saturated heterocycles. The molecule has 1 atom stereocenters. The van der Waals surface area contributed by atoms with Gasteiger partial charge in [0.15, 0.2) is 4.80 Å². The number of benzene rings is 1. The number of nitrogens with zero attached hydrogens (tertiary/aromatic N) is 3. The fourth-order valence-electron chi connectivity index (χ4n) is 2.65. The van der Waals surface area contributed by atoms with E-state index in [1.54, 1.807) is 0 Å². The van der Waals surface area contributed by atoms with Crippen molar-refractivity contribution in [2.75, 3.05) is 13.1 Å². The van der Waals surface area contributed by atoms with Gasteiger partial charge in [0.25, 0.3) is 0 Å². The van der Waals surface area contributed by atoms with Crippen molar-refractivity contribution in [3.05, 3.63) is 45.7 Å². The largest absolute Gasteiger partial charge is 0.346 e. The van der Waals surface area contributed by atoms with Crippen LogP contribution in [0.5, 0.6) is 0 Å². The lowest BCUT2D eigenvalue weighted by molar-refractivity contribution is 0.213. The van der Waals surface area contributed by atoms with Crippen LogP contribution in [0, 0.1) is 6.92 Å². The Morgan fingerprint density at radius 3 is 2.74 bits per heavy atom. The van der Waals surface area contributed by atoms with Crippen molar-refractivity contribution >= 4 is 17.4 Å². The Bertz CT molecular complexity index is 763. The van der Waals surface area contributed by atoms with E-state index in [1.807, 2.05) is 29.8 Å². The monoisotopic (exact) mass is 333 g/mol. The molecule has 1 aliphatic heterocycles. The smallest absolute Gasteiger partial charge is 0.320 e. The molecule has 1 aromatic carbocycles. The summed E-state index contributed by atoms with van der Waals surface area (Å²) >= 11 is 1.46. The molecule has 122 valence electrons. The van der Waals surface area contributed by atoms with E-state index < -0.39 is 6.17 Å². The second-order valence-corrected chi connectivity index (χ2v) is 6.95. The normalized spacial score (nSPS) is 18.7. The third kappa shape index (κ3) is 3.52. The molecular weight excluding hydrogens is 313 g/mol. The van der Waals surface area contributed by atoms with E-state index in [2.05, 4.69) is 24.0 Å². The Labute approximate surface area is 138 Å². The molecule has 2 aromatic rings. The van der Waals surface area contributed by atoms with Gasteiger partial charge < -0.3 is 4.90 Å². The average Bonchev–Trinajstić information content (AvgIpc) is 3.13. The summed E-state index contributed by atoms with van der Waals surface area (Å²) in [6, 6.07) is 7.86. The number of urea groups is 1. The maximum atomic E-state index is 13.3. The van der Waals surface area contributed by atoms with Gasteiger partial charge in [-0.1, -0.05) is 19.1 Å². The summed E-state index contributed by atoms with van der Waals surface area (Å²) in [6.07, 6.45) is 2.44. The summed E-state index contributed by atoms with van der Waals surface area (Å²) in [5.74, 6) is 0. The zero-order valence-corrected chi connectivity index (χ0v) is 14.1. The minimum absolute atomic E-state index is 0.151.